The number of anilines is 1. The first kappa shape index (κ1) is 17.4. The van der Waals surface area contributed by atoms with Gasteiger partial charge in [-0.1, -0.05) is 31.2 Å². The maximum absolute atomic E-state index is 12.4. The van der Waals surface area contributed by atoms with Crippen LogP contribution in [-0.2, 0) is 21.1 Å². The second-order valence-corrected chi connectivity index (χ2v) is 8.12. The van der Waals surface area contributed by atoms with Crippen molar-refractivity contribution in [3.05, 3.63) is 53.1 Å². The number of amides is 1. The van der Waals surface area contributed by atoms with Gasteiger partial charge in [0, 0.05) is 23.3 Å². The van der Waals surface area contributed by atoms with E-state index in [9.17, 15) is 13.2 Å². The quantitative estimate of drug-likeness (QED) is 0.890. The van der Waals surface area contributed by atoms with Gasteiger partial charge in [-0.25, -0.2) is 13.1 Å². The van der Waals surface area contributed by atoms with Gasteiger partial charge in [0.1, 0.15) is 5.82 Å². The predicted octanol–water partition coefficient (Wildman–Crippen LogP) is 2.63. The van der Waals surface area contributed by atoms with E-state index in [2.05, 4.69) is 10.4 Å². The van der Waals surface area contributed by atoms with E-state index >= 15 is 0 Å². The van der Waals surface area contributed by atoms with Crippen LogP contribution in [0.4, 0.5) is 5.82 Å². The average molecular weight is 359 g/mol. The molecular formula is C18H21N3O3S. The Bertz CT molecular complexity index is 915. The Labute approximate surface area is 147 Å². The Hall–Kier alpha value is -2.41. The zero-order valence-corrected chi connectivity index (χ0v) is 15.1. The first-order chi connectivity index (χ1) is 11.9. The minimum Gasteiger partial charge on any atom is -0.310 e. The van der Waals surface area contributed by atoms with Gasteiger partial charge < -0.3 is 5.32 Å². The van der Waals surface area contributed by atoms with Crippen LogP contribution in [0.15, 0.2) is 41.8 Å². The van der Waals surface area contributed by atoms with Crippen molar-refractivity contribution in [2.75, 3.05) is 11.1 Å². The Balaban J connectivity index is 1.83. The summed E-state index contributed by atoms with van der Waals surface area (Å²) in [5.41, 5.74) is 2.71. The number of rotatable bonds is 5. The molecule has 1 aromatic heterocycles. The van der Waals surface area contributed by atoms with Crippen molar-refractivity contribution in [3.8, 4) is 5.69 Å². The van der Waals surface area contributed by atoms with Crippen molar-refractivity contribution in [1.29, 1.82) is 0 Å². The molecule has 25 heavy (non-hydrogen) atoms. The minimum atomic E-state index is -3.15. The number of sulfone groups is 1. The molecular weight excluding hydrogens is 338 g/mol. The lowest BCUT2D eigenvalue weighted by atomic mass is 10.1. The van der Waals surface area contributed by atoms with Crippen molar-refractivity contribution in [1.82, 2.24) is 9.78 Å². The molecule has 1 N–H and O–H groups in total. The summed E-state index contributed by atoms with van der Waals surface area (Å²) < 4.78 is 24.7. The van der Waals surface area contributed by atoms with Crippen molar-refractivity contribution >= 4 is 21.6 Å². The van der Waals surface area contributed by atoms with Crippen LogP contribution in [-0.4, -0.2) is 29.9 Å². The molecule has 7 heteroatoms. The summed E-state index contributed by atoms with van der Waals surface area (Å²) in [7, 11) is -3.15. The van der Waals surface area contributed by atoms with Gasteiger partial charge in [0.05, 0.1) is 17.1 Å². The van der Waals surface area contributed by atoms with Crippen molar-refractivity contribution in [2.24, 2.45) is 5.92 Å². The number of nitrogens with zero attached hydrogens (tertiary/aromatic N) is 2. The van der Waals surface area contributed by atoms with Gasteiger partial charge in [-0.2, -0.15) is 5.10 Å². The number of benzene rings is 1. The molecule has 0 saturated heterocycles. The molecule has 1 amide bonds. The fourth-order valence-corrected chi connectivity index (χ4v) is 4.37. The van der Waals surface area contributed by atoms with E-state index < -0.39 is 9.84 Å². The molecule has 0 aliphatic carbocycles. The number of hydrogen-bond donors (Lipinski definition) is 1. The minimum absolute atomic E-state index is 0.00242. The zero-order valence-electron chi connectivity index (χ0n) is 14.3. The summed E-state index contributed by atoms with van der Waals surface area (Å²) in [6.07, 6.45) is 2.49. The molecule has 2 aromatic rings. The smallest absolute Gasteiger partial charge is 0.226 e. The second-order valence-electron chi connectivity index (χ2n) is 6.19. The Morgan fingerprint density at radius 1 is 1.32 bits per heavy atom. The fourth-order valence-electron chi connectivity index (χ4n) is 2.97. The number of aromatic nitrogens is 2. The molecule has 0 radical (unpaired) electrons. The molecule has 2 heterocycles. The van der Waals surface area contributed by atoms with E-state index in [-0.39, 0.29) is 24.0 Å². The van der Waals surface area contributed by atoms with E-state index in [4.69, 9.17) is 0 Å². The number of carbonyl (C=O) groups is 1. The molecule has 1 atom stereocenters. The lowest BCUT2D eigenvalue weighted by Crippen LogP contribution is -2.20. The molecule has 3 rings (SSSR count). The Kier molecular flexibility index (Phi) is 4.76. The average Bonchev–Trinajstić information content (AvgIpc) is 3.08. The number of allylic oxidation sites excluding steroid dienone is 1. The Morgan fingerprint density at radius 3 is 2.64 bits per heavy atom. The molecule has 0 fully saturated rings. The summed E-state index contributed by atoms with van der Waals surface area (Å²) in [5, 5.41) is 8.71. The highest BCUT2D eigenvalue weighted by molar-refractivity contribution is 7.94. The van der Waals surface area contributed by atoms with E-state index in [1.165, 1.54) is 5.41 Å². The highest BCUT2D eigenvalue weighted by atomic mass is 32.2. The van der Waals surface area contributed by atoms with Crippen molar-refractivity contribution in [2.45, 2.75) is 26.7 Å². The summed E-state index contributed by atoms with van der Waals surface area (Å²) in [6.45, 7) is 3.95. The van der Waals surface area contributed by atoms with Gasteiger partial charge in [-0.3, -0.25) is 4.79 Å². The molecule has 0 saturated carbocycles. The van der Waals surface area contributed by atoms with Crippen LogP contribution in [0.3, 0.4) is 0 Å². The first-order valence-corrected chi connectivity index (χ1v) is 9.96. The van der Waals surface area contributed by atoms with Crippen LogP contribution >= 0.6 is 0 Å². The number of hydrogen-bond acceptors (Lipinski definition) is 4. The summed E-state index contributed by atoms with van der Waals surface area (Å²) >= 11 is 0. The number of nitrogens with one attached hydrogen (secondary N) is 1. The number of para-hydroxylation sites is 1. The SMILES string of the molecule is CCc1nn(-c2ccccc2)c(NC(=O)C[C@@H]2C=CS(=O)(=O)C2)c1C. The van der Waals surface area contributed by atoms with Crippen molar-refractivity contribution in [3.63, 3.8) is 0 Å². The summed E-state index contributed by atoms with van der Waals surface area (Å²) in [6, 6.07) is 9.60. The monoisotopic (exact) mass is 359 g/mol. The van der Waals surface area contributed by atoms with E-state index in [0.717, 1.165) is 23.4 Å². The van der Waals surface area contributed by atoms with Crippen molar-refractivity contribution < 1.29 is 13.2 Å². The lowest BCUT2D eigenvalue weighted by molar-refractivity contribution is -0.116. The van der Waals surface area contributed by atoms with Gasteiger partial charge in [-0.05, 0) is 25.5 Å². The Morgan fingerprint density at radius 2 is 2.04 bits per heavy atom. The highest BCUT2D eigenvalue weighted by Gasteiger charge is 2.25. The number of aryl methyl sites for hydroxylation is 1. The van der Waals surface area contributed by atoms with Crippen LogP contribution in [0.25, 0.3) is 5.69 Å². The van der Waals surface area contributed by atoms with E-state index in [1.807, 2.05) is 44.2 Å². The van der Waals surface area contributed by atoms with Crippen LogP contribution in [0, 0.1) is 12.8 Å². The molecule has 1 aliphatic rings. The highest BCUT2D eigenvalue weighted by Crippen LogP contribution is 2.25. The topological polar surface area (TPSA) is 81.1 Å². The largest absolute Gasteiger partial charge is 0.310 e. The maximum Gasteiger partial charge on any atom is 0.226 e. The summed E-state index contributed by atoms with van der Waals surface area (Å²) in [5.74, 6) is 0.147. The van der Waals surface area contributed by atoms with Gasteiger partial charge in [0.25, 0.3) is 0 Å². The predicted molar refractivity (Wildman–Crippen MR) is 97.3 cm³/mol. The summed E-state index contributed by atoms with van der Waals surface area (Å²) in [4.78, 5) is 12.4. The molecule has 6 nitrogen and oxygen atoms in total. The van der Waals surface area contributed by atoms with Gasteiger partial charge in [-0.15, -0.1) is 0 Å². The fraction of sp³-hybridized carbons (Fsp3) is 0.333. The first-order valence-electron chi connectivity index (χ1n) is 8.24. The van der Waals surface area contributed by atoms with Gasteiger partial charge in [0.15, 0.2) is 9.84 Å². The molecule has 0 spiro atoms. The second kappa shape index (κ2) is 6.84. The third-order valence-electron chi connectivity index (χ3n) is 4.27. The maximum atomic E-state index is 12.4. The van der Waals surface area contributed by atoms with Gasteiger partial charge >= 0.3 is 0 Å². The zero-order chi connectivity index (χ0) is 18.0. The standard InChI is InChI=1S/C18H21N3O3S/c1-3-16-13(2)18(21(20-16)15-7-5-4-6-8-15)19-17(22)11-14-9-10-25(23,24)12-14/h4-10,14H,3,11-12H2,1-2H3,(H,19,22)/t14-/m0/s1. The number of carbonyl (C=O) groups excluding carboxylic acids is 1. The lowest BCUT2D eigenvalue weighted by Gasteiger charge is -2.11. The van der Waals surface area contributed by atoms with E-state index in [1.54, 1.807) is 10.8 Å². The van der Waals surface area contributed by atoms with E-state index in [0.29, 0.717) is 5.82 Å². The molecule has 0 bridgehead atoms. The third kappa shape index (κ3) is 3.82. The van der Waals surface area contributed by atoms with Crippen LogP contribution in [0.1, 0.15) is 24.6 Å². The molecule has 1 aliphatic heterocycles. The molecule has 1 aromatic carbocycles. The third-order valence-corrected chi connectivity index (χ3v) is 5.73. The molecule has 132 valence electrons. The normalized spacial score (nSPS) is 18.4. The van der Waals surface area contributed by atoms with Gasteiger partial charge in [0.2, 0.25) is 5.91 Å². The molecule has 0 unspecified atom stereocenters. The van der Waals surface area contributed by atoms with Crippen LogP contribution in [0.5, 0.6) is 0 Å². The van der Waals surface area contributed by atoms with Crippen LogP contribution in [0.2, 0.25) is 0 Å². The van der Waals surface area contributed by atoms with Crippen LogP contribution < -0.4 is 5.32 Å².